The molecule has 3 nitrogen and oxygen atoms in total. The molecule has 3 heteroatoms. The van der Waals surface area contributed by atoms with Crippen LogP contribution in [0.25, 0.3) is 0 Å². The van der Waals surface area contributed by atoms with Crippen LogP contribution < -0.4 is 0 Å². The number of hydrogen-bond donors (Lipinski definition) is 0. The molecule has 0 aliphatic rings. The lowest BCUT2D eigenvalue weighted by atomic mass is 10.0. The van der Waals surface area contributed by atoms with Crippen LogP contribution in [0.15, 0.2) is 0 Å². The lowest BCUT2D eigenvalue weighted by molar-refractivity contribution is -0.130. The molecule has 0 heterocycles. The fourth-order valence-corrected chi connectivity index (χ4v) is 1.81. The highest BCUT2D eigenvalue weighted by atomic mass is 16.2. The van der Waals surface area contributed by atoms with Crippen LogP contribution in [0.4, 0.5) is 0 Å². The van der Waals surface area contributed by atoms with Gasteiger partial charge in [-0.15, -0.1) is 0 Å². The van der Waals surface area contributed by atoms with Gasteiger partial charge in [-0.3, -0.25) is 9.59 Å². The quantitative estimate of drug-likeness (QED) is 0.567. The molecule has 0 aliphatic heterocycles. The third-order valence-electron chi connectivity index (χ3n) is 3.43. The Morgan fingerprint density at radius 3 is 2.05 bits per heavy atom. The number of Topliss-reactive ketones (excluding diaryl/α,β-unsaturated/α-hetero) is 1. The topological polar surface area (TPSA) is 37.4 Å². The summed E-state index contributed by atoms with van der Waals surface area (Å²) in [5.74, 6) is 1.34. The van der Waals surface area contributed by atoms with Crippen LogP contribution >= 0.6 is 0 Å². The Morgan fingerprint density at radius 2 is 1.53 bits per heavy atom. The van der Waals surface area contributed by atoms with Gasteiger partial charge in [0.25, 0.3) is 0 Å². The number of rotatable bonds is 10. The average molecular weight is 269 g/mol. The van der Waals surface area contributed by atoms with Crippen LogP contribution in [-0.2, 0) is 9.59 Å². The molecule has 0 saturated carbocycles. The molecule has 0 fully saturated rings. The maximum atomic E-state index is 11.8. The van der Waals surface area contributed by atoms with E-state index in [4.69, 9.17) is 0 Å². The molecule has 0 atom stereocenters. The van der Waals surface area contributed by atoms with Crippen molar-refractivity contribution in [1.29, 1.82) is 0 Å². The SMILES string of the molecule is CC(C)CCN(C)C(=O)CCCCCC(=O)C(C)C. The number of hydrogen-bond acceptors (Lipinski definition) is 2. The van der Waals surface area contributed by atoms with E-state index in [1.54, 1.807) is 0 Å². The summed E-state index contributed by atoms with van der Waals surface area (Å²) in [5, 5.41) is 0. The van der Waals surface area contributed by atoms with Crippen molar-refractivity contribution in [3.05, 3.63) is 0 Å². The molecular formula is C16H31NO2. The molecule has 19 heavy (non-hydrogen) atoms. The molecule has 0 unspecified atom stereocenters. The number of nitrogens with zero attached hydrogens (tertiary/aromatic N) is 1. The van der Waals surface area contributed by atoms with Crippen LogP contribution in [0.2, 0.25) is 0 Å². The molecule has 0 N–H and O–H groups in total. The fraction of sp³-hybridized carbons (Fsp3) is 0.875. The standard InChI is InChI=1S/C16H31NO2/c1-13(2)11-12-17(5)16(19)10-8-6-7-9-15(18)14(3)4/h13-14H,6-12H2,1-5H3. The van der Waals surface area contributed by atoms with Crippen LogP contribution in [0.3, 0.4) is 0 Å². The van der Waals surface area contributed by atoms with E-state index in [1.165, 1.54) is 0 Å². The van der Waals surface area contributed by atoms with Gasteiger partial charge in [0, 0.05) is 32.4 Å². The summed E-state index contributed by atoms with van der Waals surface area (Å²) < 4.78 is 0. The first-order valence-electron chi connectivity index (χ1n) is 7.61. The Balaban J connectivity index is 3.60. The van der Waals surface area contributed by atoms with Crippen molar-refractivity contribution in [1.82, 2.24) is 4.90 Å². The molecule has 0 aromatic carbocycles. The van der Waals surface area contributed by atoms with Gasteiger partial charge in [0.15, 0.2) is 0 Å². The van der Waals surface area contributed by atoms with Gasteiger partial charge in [-0.25, -0.2) is 0 Å². The first-order valence-corrected chi connectivity index (χ1v) is 7.61. The Morgan fingerprint density at radius 1 is 0.947 bits per heavy atom. The van der Waals surface area contributed by atoms with E-state index >= 15 is 0 Å². The highest BCUT2D eigenvalue weighted by molar-refractivity contribution is 5.80. The molecule has 0 saturated heterocycles. The zero-order chi connectivity index (χ0) is 14.8. The minimum atomic E-state index is 0.142. The minimum absolute atomic E-state index is 0.142. The van der Waals surface area contributed by atoms with Crippen molar-refractivity contribution in [2.75, 3.05) is 13.6 Å². The molecule has 1 amide bonds. The molecule has 0 bridgehead atoms. The molecule has 112 valence electrons. The van der Waals surface area contributed by atoms with Gasteiger partial charge in [0.1, 0.15) is 5.78 Å². The highest BCUT2D eigenvalue weighted by Crippen LogP contribution is 2.09. The summed E-state index contributed by atoms with van der Waals surface area (Å²) in [6.07, 6.45) is 5.13. The normalized spacial score (nSPS) is 11.1. The Kier molecular flexibility index (Phi) is 9.54. The van der Waals surface area contributed by atoms with Crippen LogP contribution in [0, 0.1) is 11.8 Å². The summed E-state index contributed by atoms with van der Waals surface area (Å²) in [4.78, 5) is 25.1. The zero-order valence-corrected chi connectivity index (χ0v) is 13.4. The van der Waals surface area contributed by atoms with E-state index in [9.17, 15) is 9.59 Å². The lowest BCUT2D eigenvalue weighted by Crippen LogP contribution is -2.28. The Hall–Kier alpha value is -0.860. The van der Waals surface area contributed by atoms with Crippen molar-refractivity contribution in [3.8, 4) is 0 Å². The maximum absolute atomic E-state index is 11.8. The van der Waals surface area contributed by atoms with Crippen LogP contribution in [0.1, 0.15) is 66.2 Å². The fourth-order valence-electron chi connectivity index (χ4n) is 1.81. The minimum Gasteiger partial charge on any atom is -0.346 e. The van der Waals surface area contributed by atoms with Crippen molar-refractivity contribution in [2.24, 2.45) is 11.8 Å². The second kappa shape index (κ2) is 9.99. The predicted molar refractivity (Wildman–Crippen MR) is 80.0 cm³/mol. The van der Waals surface area contributed by atoms with Gasteiger partial charge in [-0.1, -0.05) is 34.1 Å². The van der Waals surface area contributed by atoms with Gasteiger partial charge in [0.2, 0.25) is 5.91 Å². The summed E-state index contributed by atoms with van der Waals surface area (Å²) in [6.45, 7) is 9.07. The van der Waals surface area contributed by atoms with Crippen molar-refractivity contribution in [2.45, 2.75) is 66.2 Å². The average Bonchev–Trinajstić information content (AvgIpc) is 2.34. The molecule has 0 radical (unpaired) electrons. The first kappa shape index (κ1) is 18.1. The monoisotopic (exact) mass is 269 g/mol. The lowest BCUT2D eigenvalue weighted by Gasteiger charge is -2.18. The number of unbranched alkanes of at least 4 members (excludes halogenated alkanes) is 2. The van der Waals surface area contributed by atoms with Crippen molar-refractivity contribution >= 4 is 11.7 Å². The molecular weight excluding hydrogens is 238 g/mol. The van der Waals surface area contributed by atoms with Crippen LogP contribution in [0.5, 0.6) is 0 Å². The second-order valence-electron chi connectivity index (χ2n) is 6.18. The van der Waals surface area contributed by atoms with E-state index in [0.717, 1.165) is 32.2 Å². The van der Waals surface area contributed by atoms with E-state index in [1.807, 2.05) is 25.8 Å². The highest BCUT2D eigenvalue weighted by Gasteiger charge is 2.10. The summed E-state index contributed by atoms with van der Waals surface area (Å²) in [6, 6.07) is 0. The van der Waals surface area contributed by atoms with Crippen LogP contribution in [-0.4, -0.2) is 30.2 Å². The number of carbonyl (C=O) groups excluding carboxylic acids is 2. The molecule has 0 spiro atoms. The third-order valence-corrected chi connectivity index (χ3v) is 3.43. The van der Waals surface area contributed by atoms with Gasteiger partial charge in [0.05, 0.1) is 0 Å². The molecule has 0 aromatic rings. The number of ketones is 1. The summed E-state index contributed by atoms with van der Waals surface area (Å²) >= 11 is 0. The Labute approximate surface area is 118 Å². The van der Waals surface area contributed by atoms with Crippen molar-refractivity contribution < 1.29 is 9.59 Å². The van der Waals surface area contributed by atoms with Gasteiger partial charge < -0.3 is 4.90 Å². The molecule has 0 aliphatic carbocycles. The summed E-state index contributed by atoms with van der Waals surface area (Å²) in [5.41, 5.74) is 0. The summed E-state index contributed by atoms with van der Waals surface area (Å²) in [7, 11) is 1.88. The zero-order valence-electron chi connectivity index (χ0n) is 13.4. The first-order chi connectivity index (χ1) is 8.84. The smallest absolute Gasteiger partial charge is 0.222 e. The van der Waals surface area contributed by atoms with Gasteiger partial charge >= 0.3 is 0 Å². The second-order valence-corrected chi connectivity index (χ2v) is 6.18. The number of amides is 1. The van der Waals surface area contributed by atoms with E-state index in [2.05, 4.69) is 13.8 Å². The third kappa shape index (κ3) is 9.69. The molecule has 0 rings (SSSR count). The van der Waals surface area contributed by atoms with Crippen molar-refractivity contribution in [3.63, 3.8) is 0 Å². The maximum Gasteiger partial charge on any atom is 0.222 e. The van der Waals surface area contributed by atoms with Gasteiger partial charge in [-0.2, -0.15) is 0 Å². The number of carbonyl (C=O) groups is 2. The largest absolute Gasteiger partial charge is 0.346 e. The predicted octanol–water partition coefficient (Wildman–Crippen LogP) is 3.67. The van der Waals surface area contributed by atoms with E-state index in [0.29, 0.717) is 24.5 Å². The Bertz CT molecular complexity index is 272. The molecule has 0 aromatic heterocycles. The van der Waals surface area contributed by atoms with Gasteiger partial charge in [-0.05, 0) is 25.2 Å². The van der Waals surface area contributed by atoms with E-state index < -0.39 is 0 Å². The van der Waals surface area contributed by atoms with E-state index in [-0.39, 0.29) is 11.8 Å².